The normalized spacial score (nSPS) is 53.2. The predicted octanol–water partition coefficient (Wildman–Crippen LogP) is 0.154. The zero-order valence-electron chi connectivity index (χ0n) is 11.5. The van der Waals surface area contributed by atoms with Crippen molar-refractivity contribution >= 4 is 0 Å². The minimum absolute atomic E-state index is 0.0141. The van der Waals surface area contributed by atoms with Gasteiger partial charge in [0.2, 0.25) is 0 Å². The summed E-state index contributed by atoms with van der Waals surface area (Å²) in [6.45, 7) is 5.81. The van der Waals surface area contributed by atoms with Gasteiger partial charge in [-0.05, 0) is 27.2 Å². The molecule has 6 atom stereocenters. The van der Waals surface area contributed by atoms with Crippen molar-refractivity contribution < 1.29 is 29.2 Å². The molecule has 3 aliphatic heterocycles. The number of fused-ring (bicyclic) bond motifs is 1. The van der Waals surface area contributed by atoms with Crippen LogP contribution in [0.4, 0.5) is 0 Å². The maximum absolute atomic E-state index is 10.3. The summed E-state index contributed by atoms with van der Waals surface area (Å²) in [6, 6.07) is 0. The molecule has 0 aliphatic carbocycles. The van der Waals surface area contributed by atoms with E-state index in [9.17, 15) is 10.2 Å². The summed E-state index contributed by atoms with van der Waals surface area (Å²) in [5.41, 5.74) is 0. The average molecular weight is 274 g/mol. The van der Waals surface area contributed by atoms with Crippen LogP contribution in [0.1, 0.15) is 33.6 Å². The zero-order valence-corrected chi connectivity index (χ0v) is 11.5. The summed E-state index contributed by atoms with van der Waals surface area (Å²) in [4.78, 5) is 0. The van der Waals surface area contributed by atoms with E-state index in [0.717, 1.165) is 6.42 Å². The second kappa shape index (κ2) is 4.38. The lowest BCUT2D eigenvalue weighted by molar-refractivity contribution is -0.411. The van der Waals surface area contributed by atoms with Gasteiger partial charge >= 0.3 is 0 Å². The molecule has 19 heavy (non-hydrogen) atoms. The second-order valence-electron chi connectivity index (χ2n) is 6.16. The molecule has 110 valence electrons. The second-order valence-corrected chi connectivity index (χ2v) is 6.16. The zero-order chi connectivity index (χ0) is 13.8. The minimum Gasteiger partial charge on any atom is -0.387 e. The van der Waals surface area contributed by atoms with Crippen LogP contribution >= 0.6 is 0 Å². The van der Waals surface area contributed by atoms with Crippen LogP contribution in [0.15, 0.2) is 0 Å². The number of hydrogen-bond donors (Lipinski definition) is 2. The molecule has 0 aromatic heterocycles. The first-order valence-electron chi connectivity index (χ1n) is 6.86. The van der Waals surface area contributed by atoms with E-state index in [1.165, 1.54) is 0 Å². The highest BCUT2D eigenvalue weighted by Crippen LogP contribution is 2.43. The monoisotopic (exact) mass is 274 g/mol. The molecule has 1 spiro atoms. The maximum Gasteiger partial charge on any atom is 0.197 e. The van der Waals surface area contributed by atoms with E-state index in [-0.39, 0.29) is 6.10 Å². The van der Waals surface area contributed by atoms with Gasteiger partial charge in [0, 0.05) is 6.42 Å². The third-order valence-electron chi connectivity index (χ3n) is 4.14. The highest BCUT2D eigenvalue weighted by molar-refractivity contribution is 5.01. The van der Waals surface area contributed by atoms with Crippen LogP contribution < -0.4 is 0 Å². The Kier molecular flexibility index (Phi) is 3.16. The summed E-state index contributed by atoms with van der Waals surface area (Å²) in [5, 5.41) is 20.7. The molecule has 0 saturated carbocycles. The number of aliphatic hydroxyl groups excluding tert-OH is 2. The maximum atomic E-state index is 10.3. The first kappa shape index (κ1) is 13.7. The van der Waals surface area contributed by atoms with E-state index in [1.54, 1.807) is 13.8 Å². The SMILES string of the molecule is C[C@H]1CCC2(O1)O[C@@H]1COC(C)(C)O[C@H]1[C@H](O)[C@H]2O. The van der Waals surface area contributed by atoms with Crippen molar-refractivity contribution in [1.82, 2.24) is 0 Å². The van der Waals surface area contributed by atoms with Crippen LogP contribution in [-0.4, -0.2) is 58.9 Å². The van der Waals surface area contributed by atoms with Crippen molar-refractivity contribution in [3.8, 4) is 0 Å². The topological polar surface area (TPSA) is 77.4 Å². The third-order valence-corrected chi connectivity index (χ3v) is 4.14. The summed E-state index contributed by atoms with van der Waals surface area (Å²) in [5.74, 6) is -1.90. The van der Waals surface area contributed by atoms with Gasteiger partial charge in [-0.3, -0.25) is 0 Å². The smallest absolute Gasteiger partial charge is 0.197 e. The molecule has 2 N–H and O–H groups in total. The van der Waals surface area contributed by atoms with Crippen LogP contribution in [-0.2, 0) is 18.9 Å². The van der Waals surface area contributed by atoms with Gasteiger partial charge in [-0.15, -0.1) is 0 Å². The van der Waals surface area contributed by atoms with Gasteiger partial charge in [0.05, 0.1) is 12.7 Å². The number of aliphatic hydroxyl groups is 2. The fraction of sp³-hybridized carbons (Fsp3) is 1.00. The van der Waals surface area contributed by atoms with Crippen molar-refractivity contribution in [3.05, 3.63) is 0 Å². The first-order valence-corrected chi connectivity index (χ1v) is 6.86. The molecule has 3 aliphatic rings. The molecular weight excluding hydrogens is 252 g/mol. The molecule has 1 unspecified atom stereocenters. The van der Waals surface area contributed by atoms with Gasteiger partial charge in [0.15, 0.2) is 11.6 Å². The van der Waals surface area contributed by atoms with Crippen LogP contribution in [0, 0.1) is 0 Å². The Labute approximate surface area is 112 Å². The van der Waals surface area contributed by atoms with Gasteiger partial charge < -0.3 is 29.2 Å². The Morgan fingerprint density at radius 3 is 2.47 bits per heavy atom. The fourth-order valence-electron chi connectivity index (χ4n) is 3.14. The van der Waals surface area contributed by atoms with Gasteiger partial charge in [-0.25, -0.2) is 0 Å². The van der Waals surface area contributed by atoms with E-state index in [1.807, 2.05) is 6.92 Å². The Morgan fingerprint density at radius 1 is 1.11 bits per heavy atom. The van der Waals surface area contributed by atoms with Crippen molar-refractivity contribution in [1.29, 1.82) is 0 Å². The first-order chi connectivity index (χ1) is 8.83. The molecule has 6 nitrogen and oxygen atoms in total. The molecular formula is C13H22O6. The van der Waals surface area contributed by atoms with Gasteiger partial charge in [-0.1, -0.05) is 0 Å². The Hall–Kier alpha value is -0.240. The molecule has 3 rings (SSSR count). The molecule has 3 heterocycles. The van der Waals surface area contributed by atoms with Crippen LogP contribution in [0.2, 0.25) is 0 Å². The van der Waals surface area contributed by atoms with E-state index in [2.05, 4.69) is 0 Å². The Morgan fingerprint density at radius 2 is 1.84 bits per heavy atom. The van der Waals surface area contributed by atoms with Crippen molar-refractivity contribution in [2.75, 3.05) is 6.61 Å². The fourth-order valence-corrected chi connectivity index (χ4v) is 3.14. The van der Waals surface area contributed by atoms with E-state index < -0.39 is 36.0 Å². The lowest BCUT2D eigenvalue weighted by atomic mass is 9.90. The van der Waals surface area contributed by atoms with Crippen molar-refractivity contribution in [2.45, 2.75) is 75.7 Å². The molecule has 6 heteroatoms. The van der Waals surface area contributed by atoms with Crippen LogP contribution in [0.5, 0.6) is 0 Å². The molecule has 0 aromatic rings. The number of rotatable bonds is 0. The quantitative estimate of drug-likeness (QED) is 0.655. The summed E-state index contributed by atoms with van der Waals surface area (Å²) in [7, 11) is 0. The molecule has 3 fully saturated rings. The molecule has 3 saturated heterocycles. The summed E-state index contributed by atoms with van der Waals surface area (Å²) in [6.07, 6.45) is -1.77. The van der Waals surface area contributed by atoms with Gasteiger partial charge in [-0.2, -0.15) is 0 Å². The molecule has 0 amide bonds. The number of hydrogen-bond acceptors (Lipinski definition) is 6. The summed E-state index contributed by atoms with van der Waals surface area (Å²) < 4.78 is 22.9. The van der Waals surface area contributed by atoms with Gasteiger partial charge in [0.25, 0.3) is 0 Å². The van der Waals surface area contributed by atoms with E-state index >= 15 is 0 Å². The van der Waals surface area contributed by atoms with Crippen LogP contribution in [0.3, 0.4) is 0 Å². The van der Waals surface area contributed by atoms with Gasteiger partial charge in [0.1, 0.15) is 24.4 Å². The third kappa shape index (κ3) is 2.20. The van der Waals surface area contributed by atoms with E-state index in [0.29, 0.717) is 13.0 Å². The Balaban J connectivity index is 1.82. The van der Waals surface area contributed by atoms with Crippen molar-refractivity contribution in [3.63, 3.8) is 0 Å². The molecule has 0 radical (unpaired) electrons. The molecule has 0 aromatic carbocycles. The highest BCUT2D eigenvalue weighted by Gasteiger charge is 2.59. The summed E-state index contributed by atoms with van der Waals surface area (Å²) >= 11 is 0. The van der Waals surface area contributed by atoms with E-state index in [4.69, 9.17) is 18.9 Å². The Bertz CT molecular complexity index is 357. The highest BCUT2D eigenvalue weighted by atomic mass is 16.8. The molecule has 0 bridgehead atoms. The standard InChI is InChI=1S/C13H22O6/c1-7-4-5-13(17-7)11(15)9(14)10-8(18-13)6-16-12(2,3)19-10/h7-11,14-15H,4-6H2,1-3H3/t7-,8+,9-,10+,11+,13?/m0/s1. The lowest BCUT2D eigenvalue weighted by Crippen LogP contribution is -2.68. The predicted molar refractivity (Wildman–Crippen MR) is 64.3 cm³/mol. The lowest BCUT2D eigenvalue weighted by Gasteiger charge is -2.52. The average Bonchev–Trinajstić information content (AvgIpc) is 2.70. The number of ether oxygens (including phenoxy) is 4. The van der Waals surface area contributed by atoms with Crippen molar-refractivity contribution in [2.24, 2.45) is 0 Å². The van der Waals surface area contributed by atoms with Crippen LogP contribution in [0.25, 0.3) is 0 Å². The minimum atomic E-state index is -1.12. The largest absolute Gasteiger partial charge is 0.387 e.